The third-order valence-corrected chi connectivity index (χ3v) is 3.75. The van der Waals surface area contributed by atoms with Gasteiger partial charge in [-0.15, -0.1) is 0 Å². The van der Waals surface area contributed by atoms with E-state index in [9.17, 15) is 14.9 Å². The molecule has 0 aliphatic heterocycles. The van der Waals surface area contributed by atoms with Crippen molar-refractivity contribution >= 4 is 33.7 Å². The zero-order chi connectivity index (χ0) is 18.5. The number of halogens is 1. The number of rotatable bonds is 5. The Kier molecular flexibility index (Phi) is 5.18. The third kappa shape index (κ3) is 4.19. The third-order valence-electron chi connectivity index (χ3n) is 3.31. The molecule has 0 saturated heterocycles. The van der Waals surface area contributed by atoms with E-state index in [1.807, 2.05) is 0 Å². The van der Waals surface area contributed by atoms with Crippen LogP contribution in [-0.4, -0.2) is 22.0 Å². The van der Waals surface area contributed by atoms with Crippen molar-refractivity contribution < 1.29 is 14.1 Å². The van der Waals surface area contributed by atoms with E-state index in [2.05, 4.69) is 31.4 Å². The molecule has 1 N–H and O–H groups in total. The van der Waals surface area contributed by atoms with Crippen LogP contribution >= 0.6 is 15.9 Å². The van der Waals surface area contributed by atoms with Crippen LogP contribution in [0.4, 0.5) is 5.69 Å². The molecule has 1 amide bonds. The summed E-state index contributed by atoms with van der Waals surface area (Å²) in [4.78, 5) is 26.0. The van der Waals surface area contributed by atoms with Crippen LogP contribution in [0.2, 0.25) is 0 Å². The number of carbonyl (C=O) groups excluding carboxylic acids is 1. The second-order valence-electron chi connectivity index (χ2n) is 5.10. The predicted molar refractivity (Wildman–Crippen MR) is 97.8 cm³/mol. The van der Waals surface area contributed by atoms with Gasteiger partial charge in [0.2, 0.25) is 0 Å². The second-order valence-corrected chi connectivity index (χ2v) is 6.01. The van der Waals surface area contributed by atoms with Crippen LogP contribution < -0.4 is 5.43 Å². The average molecular weight is 415 g/mol. The molecule has 8 nitrogen and oxygen atoms in total. The quantitative estimate of drug-likeness (QED) is 0.387. The molecule has 0 fully saturated rings. The Bertz CT molecular complexity index is 982. The van der Waals surface area contributed by atoms with Crippen LogP contribution in [0.5, 0.6) is 0 Å². The van der Waals surface area contributed by atoms with E-state index in [0.29, 0.717) is 27.1 Å². The van der Waals surface area contributed by atoms with Gasteiger partial charge in [-0.1, -0.05) is 0 Å². The molecule has 0 aliphatic rings. The average Bonchev–Trinajstić information content (AvgIpc) is 3.10. The summed E-state index contributed by atoms with van der Waals surface area (Å²) in [5.41, 5.74) is 3.44. The number of nitro benzene ring substituents is 1. The highest BCUT2D eigenvalue weighted by Crippen LogP contribution is 2.24. The lowest BCUT2D eigenvalue weighted by Gasteiger charge is -1.99. The zero-order valence-electron chi connectivity index (χ0n) is 13.1. The largest absolute Gasteiger partial charge is 0.455 e. The number of aromatic nitrogens is 1. The number of nitrogens with zero attached hydrogens (tertiary/aromatic N) is 3. The smallest absolute Gasteiger partial charge is 0.272 e. The molecule has 9 heteroatoms. The summed E-state index contributed by atoms with van der Waals surface area (Å²) < 4.78 is 6.27. The van der Waals surface area contributed by atoms with E-state index in [4.69, 9.17) is 4.42 Å². The number of nitrogens with one attached hydrogen (secondary N) is 1. The summed E-state index contributed by atoms with van der Waals surface area (Å²) in [6.07, 6.45) is 4.36. The lowest BCUT2D eigenvalue weighted by Crippen LogP contribution is -2.17. The van der Waals surface area contributed by atoms with Gasteiger partial charge in [-0.2, -0.15) is 5.10 Å². The lowest BCUT2D eigenvalue weighted by molar-refractivity contribution is -0.384. The second kappa shape index (κ2) is 7.70. The summed E-state index contributed by atoms with van der Waals surface area (Å²) in [6, 6.07) is 11.0. The van der Waals surface area contributed by atoms with Crippen molar-refractivity contribution in [1.82, 2.24) is 10.4 Å². The van der Waals surface area contributed by atoms with Gasteiger partial charge in [0.25, 0.3) is 11.6 Å². The number of benzene rings is 1. The first-order valence-corrected chi connectivity index (χ1v) is 8.11. The molecule has 1 aromatic carbocycles. The Balaban J connectivity index is 1.65. The molecule has 0 atom stereocenters. The van der Waals surface area contributed by atoms with E-state index in [1.165, 1.54) is 24.5 Å². The molecule has 2 heterocycles. The van der Waals surface area contributed by atoms with Gasteiger partial charge in [-0.25, -0.2) is 5.43 Å². The molecule has 0 bridgehead atoms. The van der Waals surface area contributed by atoms with Crippen LogP contribution in [0, 0.1) is 10.1 Å². The SMILES string of the molecule is O=C(N/N=C\c1ccc(-c2ccc([N+](=O)[O-])cc2)o1)c1cncc(Br)c1. The summed E-state index contributed by atoms with van der Waals surface area (Å²) >= 11 is 3.24. The van der Waals surface area contributed by atoms with Gasteiger partial charge in [0, 0.05) is 34.6 Å². The first kappa shape index (κ1) is 17.5. The van der Waals surface area contributed by atoms with Gasteiger partial charge < -0.3 is 4.42 Å². The number of nitro groups is 1. The minimum absolute atomic E-state index is 0.00634. The zero-order valence-corrected chi connectivity index (χ0v) is 14.7. The Hall–Kier alpha value is -3.33. The molecular formula is C17H11BrN4O4. The van der Waals surface area contributed by atoms with Crippen molar-refractivity contribution in [3.63, 3.8) is 0 Å². The normalized spacial score (nSPS) is 10.8. The van der Waals surface area contributed by atoms with E-state index >= 15 is 0 Å². The van der Waals surface area contributed by atoms with Gasteiger partial charge in [-0.05, 0) is 46.3 Å². The minimum atomic E-state index is -0.465. The lowest BCUT2D eigenvalue weighted by atomic mass is 10.1. The van der Waals surface area contributed by atoms with Gasteiger partial charge in [0.05, 0.1) is 16.7 Å². The fourth-order valence-corrected chi connectivity index (χ4v) is 2.44. The molecule has 0 radical (unpaired) electrons. The first-order chi connectivity index (χ1) is 12.5. The molecule has 130 valence electrons. The summed E-state index contributed by atoms with van der Waals surface area (Å²) in [5.74, 6) is 0.548. The van der Waals surface area contributed by atoms with Gasteiger partial charge >= 0.3 is 0 Å². The van der Waals surface area contributed by atoms with Gasteiger partial charge in [0.15, 0.2) is 0 Å². The standard InChI is InChI=1S/C17H11BrN4O4/c18-13-7-12(8-19-9-13)17(23)21-20-10-15-5-6-16(26-15)11-1-3-14(4-2-11)22(24)25/h1-10H,(H,21,23)/b20-10-. The maximum absolute atomic E-state index is 11.9. The number of hydrogen-bond donors (Lipinski definition) is 1. The number of carbonyl (C=O) groups is 1. The number of hydrogen-bond acceptors (Lipinski definition) is 6. The maximum Gasteiger partial charge on any atom is 0.272 e. The van der Waals surface area contributed by atoms with Crippen molar-refractivity contribution in [3.05, 3.63) is 80.8 Å². The molecule has 0 aliphatic carbocycles. The fourth-order valence-electron chi connectivity index (χ4n) is 2.08. The number of hydrazone groups is 1. The Labute approximate surface area is 155 Å². The number of non-ortho nitro benzene ring substituents is 1. The van der Waals surface area contributed by atoms with Crippen LogP contribution in [-0.2, 0) is 0 Å². The molecular weight excluding hydrogens is 404 g/mol. The van der Waals surface area contributed by atoms with Crippen LogP contribution in [0.25, 0.3) is 11.3 Å². The first-order valence-electron chi connectivity index (χ1n) is 7.31. The molecule has 2 aromatic heterocycles. The van der Waals surface area contributed by atoms with Crippen LogP contribution in [0.1, 0.15) is 16.1 Å². The number of pyridine rings is 1. The Morgan fingerprint density at radius 2 is 2.00 bits per heavy atom. The van der Waals surface area contributed by atoms with Crippen molar-refractivity contribution in [1.29, 1.82) is 0 Å². The van der Waals surface area contributed by atoms with Gasteiger partial charge in [0.1, 0.15) is 11.5 Å². The van der Waals surface area contributed by atoms with Crippen molar-refractivity contribution in [2.45, 2.75) is 0 Å². The molecule has 3 rings (SSSR count). The monoisotopic (exact) mass is 414 g/mol. The van der Waals surface area contributed by atoms with E-state index in [-0.39, 0.29) is 5.69 Å². The molecule has 0 spiro atoms. The summed E-state index contributed by atoms with van der Waals surface area (Å²) in [7, 11) is 0. The Morgan fingerprint density at radius 3 is 2.69 bits per heavy atom. The maximum atomic E-state index is 11.9. The summed E-state index contributed by atoms with van der Waals surface area (Å²) in [6.45, 7) is 0. The highest BCUT2D eigenvalue weighted by Gasteiger charge is 2.08. The molecule has 0 unspecified atom stereocenters. The van der Waals surface area contributed by atoms with E-state index in [0.717, 1.165) is 0 Å². The van der Waals surface area contributed by atoms with Crippen molar-refractivity contribution in [2.75, 3.05) is 0 Å². The van der Waals surface area contributed by atoms with E-state index < -0.39 is 10.8 Å². The highest BCUT2D eigenvalue weighted by molar-refractivity contribution is 9.10. The Morgan fingerprint density at radius 1 is 1.23 bits per heavy atom. The number of furan rings is 1. The van der Waals surface area contributed by atoms with E-state index in [1.54, 1.807) is 36.5 Å². The minimum Gasteiger partial charge on any atom is -0.455 e. The highest BCUT2D eigenvalue weighted by atomic mass is 79.9. The molecule has 3 aromatic rings. The van der Waals surface area contributed by atoms with Crippen molar-refractivity contribution in [3.8, 4) is 11.3 Å². The summed E-state index contributed by atoms with van der Waals surface area (Å²) in [5, 5.41) is 14.5. The predicted octanol–water partition coefficient (Wildman–Crippen LogP) is 3.78. The van der Waals surface area contributed by atoms with Crippen molar-refractivity contribution in [2.24, 2.45) is 5.10 Å². The van der Waals surface area contributed by atoms with Crippen LogP contribution in [0.3, 0.4) is 0 Å². The topological polar surface area (TPSA) is 111 Å². The van der Waals surface area contributed by atoms with Gasteiger partial charge in [-0.3, -0.25) is 19.9 Å². The molecule has 26 heavy (non-hydrogen) atoms. The molecule has 0 saturated carbocycles. The van der Waals surface area contributed by atoms with Crippen LogP contribution in [0.15, 0.2) is 68.8 Å². The fraction of sp³-hybridized carbons (Fsp3) is 0. The number of amides is 1.